The third-order valence-electron chi connectivity index (χ3n) is 14.8. The molecule has 0 N–H and O–H groups in total. The predicted molar refractivity (Wildman–Crippen MR) is 303 cm³/mol. The molecule has 6 saturated heterocycles. The molecule has 0 aliphatic carbocycles. The lowest BCUT2D eigenvalue weighted by molar-refractivity contribution is -0.144. The van der Waals surface area contributed by atoms with Crippen LogP contribution in [0.5, 0.6) is 0 Å². The zero-order valence-corrected chi connectivity index (χ0v) is 51.5. The van der Waals surface area contributed by atoms with Crippen molar-refractivity contribution in [2.45, 2.75) is 180 Å². The van der Waals surface area contributed by atoms with Crippen LogP contribution in [0, 0.1) is 10.8 Å². The molecule has 0 aromatic rings. The van der Waals surface area contributed by atoms with Crippen LogP contribution in [0.4, 0.5) is 0 Å². The first-order chi connectivity index (χ1) is 32.4. The molecule has 2 amide bonds. The van der Waals surface area contributed by atoms with E-state index in [0.717, 1.165) is 52.5 Å². The number of carbonyl (C=O) groups excluding carboxylic acids is 2. The van der Waals surface area contributed by atoms with Gasteiger partial charge in [0.2, 0.25) is 11.8 Å². The van der Waals surface area contributed by atoms with Crippen LogP contribution in [0.15, 0.2) is 0 Å². The minimum atomic E-state index is -0.253. The summed E-state index contributed by atoms with van der Waals surface area (Å²) in [5.74, 6) is 0.479. The fraction of sp³-hybridized carbons (Fsp3) is 0.965. The quantitative estimate of drug-likeness (QED) is 0.284. The van der Waals surface area contributed by atoms with Crippen LogP contribution in [-0.2, 0) is 19.1 Å². The van der Waals surface area contributed by atoms with Crippen LogP contribution >= 0.6 is 0 Å². The van der Waals surface area contributed by atoms with Crippen molar-refractivity contribution in [1.82, 2.24) is 49.0 Å². The van der Waals surface area contributed by atoms with Crippen molar-refractivity contribution in [1.29, 1.82) is 0 Å². The highest BCUT2D eigenvalue weighted by Gasteiger charge is 2.39. The highest BCUT2D eigenvalue weighted by molar-refractivity contribution is 5.83. The number of carbonyl (C=O) groups is 2. The van der Waals surface area contributed by atoms with Crippen molar-refractivity contribution < 1.29 is 19.1 Å². The van der Waals surface area contributed by atoms with Crippen LogP contribution in [0.1, 0.15) is 145 Å². The van der Waals surface area contributed by atoms with Crippen LogP contribution in [-0.4, -0.2) is 267 Å². The number of hydrogen-bond donors (Lipinski definition) is 0. The van der Waals surface area contributed by atoms with Gasteiger partial charge in [-0.2, -0.15) is 0 Å². The van der Waals surface area contributed by atoms with E-state index in [1.807, 2.05) is 44.7 Å². The van der Waals surface area contributed by atoms with E-state index in [4.69, 9.17) is 9.47 Å². The van der Waals surface area contributed by atoms with E-state index < -0.39 is 0 Å². The van der Waals surface area contributed by atoms with E-state index in [2.05, 4.69) is 171 Å². The summed E-state index contributed by atoms with van der Waals surface area (Å²) < 4.78 is 10.4. The first-order valence-electron chi connectivity index (χ1n) is 28.0. The normalized spacial score (nSPS) is 23.2. The topological polar surface area (TPSA) is 85.0 Å². The van der Waals surface area contributed by atoms with Crippen molar-refractivity contribution in [2.24, 2.45) is 10.8 Å². The third-order valence-corrected chi connectivity index (χ3v) is 14.8. The summed E-state index contributed by atoms with van der Waals surface area (Å²) in [6.45, 7) is 71.0. The van der Waals surface area contributed by atoms with E-state index in [1.165, 1.54) is 85.1 Å². The Kier molecular flexibility index (Phi) is 28.9. The molecule has 6 heterocycles. The summed E-state index contributed by atoms with van der Waals surface area (Å²) in [4.78, 5) is 47.0. The smallest absolute Gasteiger partial charge is 0.240 e. The van der Waals surface area contributed by atoms with Crippen molar-refractivity contribution >= 4 is 11.8 Å². The second-order valence-corrected chi connectivity index (χ2v) is 27.3. The minimum absolute atomic E-state index is 0.0283. The SMILES string of the molecule is CC(C)(C)C(=O)N1CCOCC1.CC(C)(C)N1CCOCC1.CC(C)N1CCN(C(C)(C)C)CC1.CCN1CCN(C(C)(C)C)CC1.CN1CCN(C(C)(C)C)CC1.CN1CCN(C)C(C(C)(C)C)C1=O. The Morgan fingerprint density at radius 2 is 0.845 bits per heavy atom. The van der Waals surface area contributed by atoms with Gasteiger partial charge in [-0.1, -0.05) is 48.5 Å². The average molecular weight is 1010 g/mol. The molecule has 6 rings (SSSR count). The number of morpholine rings is 2. The predicted octanol–water partition coefficient (Wildman–Crippen LogP) is 7.08. The second-order valence-electron chi connectivity index (χ2n) is 27.3. The second kappa shape index (κ2) is 30.3. The number of ether oxygens (including phenoxy) is 2. The molecule has 14 heteroatoms. The van der Waals surface area contributed by atoms with Crippen LogP contribution in [0.25, 0.3) is 0 Å². The number of hydrogen-bond acceptors (Lipinski definition) is 12. The maximum atomic E-state index is 11.9. The van der Waals surface area contributed by atoms with Gasteiger partial charge in [-0.15, -0.1) is 0 Å². The molecule has 0 aromatic carbocycles. The first-order valence-corrected chi connectivity index (χ1v) is 28.0. The molecule has 0 aromatic heterocycles. The average Bonchev–Trinajstić information content (AvgIpc) is 3.27. The molecule has 71 heavy (non-hydrogen) atoms. The summed E-state index contributed by atoms with van der Waals surface area (Å²) in [6, 6.07) is 0.744. The lowest BCUT2D eigenvalue weighted by Gasteiger charge is -2.43. The minimum Gasteiger partial charge on any atom is -0.379 e. The van der Waals surface area contributed by atoms with Gasteiger partial charge in [-0.3, -0.25) is 39.0 Å². The molecular weight excluding hydrogens is 889 g/mol. The molecule has 1 unspecified atom stereocenters. The molecule has 6 aliphatic rings. The van der Waals surface area contributed by atoms with Gasteiger partial charge in [0, 0.05) is 158 Å². The molecule has 6 fully saturated rings. The van der Waals surface area contributed by atoms with Gasteiger partial charge in [-0.25, -0.2) is 0 Å². The summed E-state index contributed by atoms with van der Waals surface area (Å²) in [7, 11) is 6.11. The Bertz CT molecular complexity index is 1440. The van der Waals surface area contributed by atoms with Gasteiger partial charge < -0.3 is 29.1 Å². The largest absolute Gasteiger partial charge is 0.379 e. The third kappa shape index (κ3) is 26.2. The fourth-order valence-electron chi connectivity index (χ4n) is 9.57. The Balaban J connectivity index is 0.000000427. The van der Waals surface area contributed by atoms with Crippen molar-refractivity contribution in [3.05, 3.63) is 0 Å². The van der Waals surface area contributed by atoms with E-state index in [1.54, 1.807) is 0 Å². The highest BCUT2D eigenvalue weighted by Crippen LogP contribution is 2.27. The fourth-order valence-corrected chi connectivity index (χ4v) is 9.57. The number of rotatable bonds is 2. The van der Waals surface area contributed by atoms with Crippen LogP contribution in [0.3, 0.4) is 0 Å². The Morgan fingerprint density at radius 3 is 1.15 bits per heavy atom. The van der Waals surface area contributed by atoms with Gasteiger partial charge in [0.1, 0.15) is 0 Å². The monoisotopic (exact) mass is 1010 g/mol. The molecule has 14 nitrogen and oxygen atoms in total. The standard InChI is InChI=1S/C11H24N2.C10H20N2O.C10H22N2.C9H20N2.C9H17NO2.C8H17NO/c1-10(2)12-6-8-13(9-7-12)11(3,4)5;1-10(2,3)8-9(13)12(5)7-6-11(8)4;1-5-11-6-8-12(9-7-11)10(2,3)4;1-9(2,3)11-7-5-10(4)6-8-11;1-9(2,3)8(11)10-4-6-12-7-5-10;1-8(2,3)9-4-6-10-7-5-9/h10H,6-9H2,1-5H3;8H,6-7H2,1-5H3;5-9H2,1-4H3;5-8H2,1-4H3;4-7H2,1-3H3;4-7H2,1-3H3. The summed E-state index contributed by atoms with van der Waals surface area (Å²) in [5.41, 5.74) is 1.17. The van der Waals surface area contributed by atoms with Gasteiger partial charge in [0.25, 0.3) is 0 Å². The number of likely N-dealkylation sites (N-methyl/N-ethyl adjacent to an activating group) is 4. The van der Waals surface area contributed by atoms with Crippen molar-refractivity contribution in [3.63, 3.8) is 0 Å². The van der Waals surface area contributed by atoms with E-state index in [0.29, 0.717) is 41.4 Å². The highest BCUT2D eigenvalue weighted by atomic mass is 16.5. The Hall–Kier alpha value is -1.46. The van der Waals surface area contributed by atoms with E-state index in [-0.39, 0.29) is 28.7 Å². The van der Waals surface area contributed by atoms with Gasteiger partial charge in [-0.05, 0) is 123 Å². The lowest BCUT2D eigenvalue weighted by atomic mass is 9.84. The number of amides is 2. The summed E-state index contributed by atoms with van der Waals surface area (Å²) in [5, 5.41) is 0. The zero-order valence-electron chi connectivity index (χ0n) is 51.5. The van der Waals surface area contributed by atoms with Crippen LogP contribution in [0.2, 0.25) is 0 Å². The maximum Gasteiger partial charge on any atom is 0.240 e. The van der Waals surface area contributed by atoms with Gasteiger partial charge in [0.05, 0.1) is 32.5 Å². The lowest BCUT2D eigenvalue weighted by Crippen LogP contribution is -2.59. The molecule has 422 valence electrons. The maximum absolute atomic E-state index is 11.9. The van der Waals surface area contributed by atoms with E-state index in [9.17, 15) is 9.59 Å². The first kappa shape index (κ1) is 67.6. The molecule has 0 saturated carbocycles. The molecule has 0 bridgehead atoms. The molecule has 0 spiro atoms. The number of piperazine rings is 4. The van der Waals surface area contributed by atoms with Crippen LogP contribution < -0.4 is 0 Å². The van der Waals surface area contributed by atoms with Gasteiger partial charge in [0.15, 0.2) is 0 Å². The van der Waals surface area contributed by atoms with Gasteiger partial charge >= 0.3 is 0 Å². The van der Waals surface area contributed by atoms with Crippen molar-refractivity contribution in [2.75, 3.05) is 172 Å². The molecule has 0 radical (unpaired) electrons. The summed E-state index contributed by atoms with van der Waals surface area (Å²) in [6.07, 6.45) is 0. The molecule has 6 aliphatic heterocycles. The Labute approximate surface area is 440 Å². The number of nitrogens with zero attached hydrogens (tertiary/aromatic N) is 10. The Morgan fingerprint density at radius 1 is 0.493 bits per heavy atom. The summed E-state index contributed by atoms with van der Waals surface area (Å²) >= 11 is 0. The molecule has 1 atom stereocenters. The van der Waals surface area contributed by atoms with E-state index >= 15 is 0 Å². The van der Waals surface area contributed by atoms with Crippen molar-refractivity contribution in [3.8, 4) is 0 Å². The molecular formula is C57H120N10O4. The zero-order chi connectivity index (χ0) is 54.8.